The van der Waals surface area contributed by atoms with Gasteiger partial charge in [0.05, 0.1) is 26.2 Å². The molecule has 4 heterocycles. The van der Waals surface area contributed by atoms with Gasteiger partial charge >= 0.3 is 0 Å². The lowest BCUT2D eigenvalue weighted by molar-refractivity contribution is -0.930. The number of likely N-dealkylation sites (N-methyl/N-ethyl adjacent to an activating group) is 2. The minimum absolute atomic E-state index is 0.320. The van der Waals surface area contributed by atoms with Crippen LogP contribution in [0.4, 0.5) is 0 Å². The van der Waals surface area contributed by atoms with Gasteiger partial charge in [-0.3, -0.25) is 18.8 Å². The Kier molecular flexibility index (Phi) is 3.95. The van der Waals surface area contributed by atoms with Crippen molar-refractivity contribution in [1.82, 2.24) is 9.80 Å². The molecule has 0 aromatic carbocycles. The van der Waals surface area contributed by atoms with Crippen LogP contribution in [0, 0.1) is 0 Å². The van der Waals surface area contributed by atoms with E-state index in [-0.39, 0.29) is 0 Å². The van der Waals surface area contributed by atoms with Crippen molar-refractivity contribution < 1.29 is 18.4 Å². The molecule has 0 aromatic heterocycles. The summed E-state index contributed by atoms with van der Waals surface area (Å²) in [5.74, 6) is 0. The van der Waals surface area contributed by atoms with Crippen molar-refractivity contribution in [3.8, 4) is 0 Å². The first-order chi connectivity index (χ1) is 10.6. The standard InChI is InChI=1S/C16H32N4O2/c1-17-3-7-19(8-4-17)11-15(21-13-19)16-12-20(14-22-16)9-5-18(2)6-10-20/h15-16H,3-14H2,1-2H3/q+2. The van der Waals surface area contributed by atoms with Crippen molar-refractivity contribution in [2.24, 2.45) is 0 Å². The van der Waals surface area contributed by atoms with Gasteiger partial charge in [0.25, 0.3) is 0 Å². The van der Waals surface area contributed by atoms with Gasteiger partial charge in [-0.2, -0.15) is 0 Å². The van der Waals surface area contributed by atoms with Crippen LogP contribution < -0.4 is 0 Å². The molecule has 2 unspecified atom stereocenters. The Morgan fingerprint density at radius 1 is 0.682 bits per heavy atom. The molecule has 0 bridgehead atoms. The average molecular weight is 312 g/mol. The fourth-order valence-electron chi connectivity index (χ4n) is 4.53. The predicted molar refractivity (Wildman–Crippen MR) is 84.2 cm³/mol. The van der Waals surface area contributed by atoms with Gasteiger partial charge in [-0.25, -0.2) is 0 Å². The smallest absolute Gasteiger partial charge is 0.184 e. The number of quaternary nitrogens is 2. The highest BCUT2D eigenvalue weighted by atomic mass is 16.6. The lowest BCUT2D eigenvalue weighted by Crippen LogP contribution is -2.59. The predicted octanol–water partition coefficient (Wildman–Crippen LogP) is -0.777. The van der Waals surface area contributed by atoms with Crippen molar-refractivity contribution in [3.05, 3.63) is 0 Å². The molecule has 0 aliphatic carbocycles. The van der Waals surface area contributed by atoms with Gasteiger partial charge in [0.2, 0.25) is 0 Å². The van der Waals surface area contributed by atoms with Crippen LogP contribution in [-0.4, -0.2) is 124 Å². The molecule has 2 atom stereocenters. The highest BCUT2D eigenvalue weighted by molar-refractivity contribution is 4.79. The normalized spacial score (nSPS) is 39.0. The Labute approximate surface area is 134 Å². The molecule has 4 rings (SSSR count). The minimum Gasteiger partial charge on any atom is -0.320 e. The summed E-state index contributed by atoms with van der Waals surface area (Å²) in [7, 11) is 4.46. The van der Waals surface area contributed by atoms with Crippen LogP contribution in [0.25, 0.3) is 0 Å². The third kappa shape index (κ3) is 2.81. The summed E-state index contributed by atoms with van der Waals surface area (Å²) < 4.78 is 14.8. The van der Waals surface area contributed by atoms with Crippen molar-refractivity contribution in [1.29, 1.82) is 0 Å². The van der Waals surface area contributed by atoms with Crippen LogP contribution in [0.1, 0.15) is 0 Å². The maximum atomic E-state index is 6.23. The average Bonchev–Trinajstić information content (AvgIpc) is 3.12. The monoisotopic (exact) mass is 312 g/mol. The molecule has 4 saturated heterocycles. The van der Waals surface area contributed by atoms with Gasteiger partial charge in [0.1, 0.15) is 25.3 Å². The summed E-state index contributed by atoms with van der Waals surface area (Å²) in [5.41, 5.74) is 0. The van der Waals surface area contributed by atoms with E-state index in [0.29, 0.717) is 12.2 Å². The Balaban J connectivity index is 1.34. The Morgan fingerprint density at radius 3 is 1.41 bits per heavy atom. The topological polar surface area (TPSA) is 24.9 Å². The molecular formula is C16H32N4O2+2. The maximum Gasteiger partial charge on any atom is 0.184 e. The molecule has 4 aliphatic heterocycles. The van der Waals surface area contributed by atoms with E-state index in [9.17, 15) is 0 Å². The zero-order chi connectivity index (χ0) is 15.2. The van der Waals surface area contributed by atoms with E-state index in [1.807, 2.05) is 0 Å². The van der Waals surface area contributed by atoms with Gasteiger partial charge < -0.3 is 9.47 Å². The lowest BCUT2D eigenvalue weighted by atomic mass is 10.1. The molecule has 4 aliphatic rings. The molecule has 6 heteroatoms. The van der Waals surface area contributed by atoms with Crippen molar-refractivity contribution >= 4 is 0 Å². The van der Waals surface area contributed by atoms with Crippen molar-refractivity contribution in [3.63, 3.8) is 0 Å². The van der Waals surface area contributed by atoms with Gasteiger partial charge in [-0.05, 0) is 14.1 Å². The van der Waals surface area contributed by atoms with Gasteiger partial charge in [0, 0.05) is 26.2 Å². The number of ether oxygens (including phenoxy) is 2. The first kappa shape index (κ1) is 15.3. The fraction of sp³-hybridized carbons (Fsp3) is 1.00. The number of nitrogens with zero attached hydrogens (tertiary/aromatic N) is 4. The molecule has 4 fully saturated rings. The Morgan fingerprint density at radius 2 is 1.05 bits per heavy atom. The van der Waals surface area contributed by atoms with Crippen LogP contribution >= 0.6 is 0 Å². The van der Waals surface area contributed by atoms with Crippen molar-refractivity contribution in [2.45, 2.75) is 12.2 Å². The minimum atomic E-state index is 0.320. The zero-order valence-electron chi connectivity index (χ0n) is 14.2. The van der Waals surface area contributed by atoms with E-state index >= 15 is 0 Å². The second kappa shape index (κ2) is 5.69. The molecule has 126 valence electrons. The summed E-state index contributed by atoms with van der Waals surface area (Å²) in [5, 5.41) is 0. The quantitative estimate of drug-likeness (QED) is 0.593. The van der Waals surface area contributed by atoms with Crippen LogP contribution in [0.15, 0.2) is 0 Å². The van der Waals surface area contributed by atoms with Gasteiger partial charge in [-0.15, -0.1) is 0 Å². The molecule has 2 spiro atoms. The van der Waals surface area contributed by atoms with E-state index < -0.39 is 0 Å². The molecule has 6 nitrogen and oxygen atoms in total. The second-order valence-electron chi connectivity index (χ2n) is 8.22. The Bertz CT molecular complexity index is 365. The molecule has 0 aromatic rings. The highest BCUT2D eigenvalue weighted by Crippen LogP contribution is 2.30. The van der Waals surface area contributed by atoms with Crippen LogP contribution in [0.3, 0.4) is 0 Å². The van der Waals surface area contributed by atoms with Crippen LogP contribution in [0.2, 0.25) is 0 Å². The number of hydrogen-bond donors (Lipinski definition) is 0. The van der Waals surface area contributed by atoms with E-state index in [2.05, 4.69) is 23.9 Å². The van der Waals surface area contributed by atoms with Gasteiger partial charge in [-0.1, -0.05) is 0 Å². The van der Waals surface area contributed by atoms with Gasteiger partial charge in [0.15, 0.2) is 13.5 Å². The van der Waals surface area contributed by atoms with E-state index in [1.54, 1.807) is 0 Å². The number of piperazine rings is 2. The molecule has 0 saturated carbocycles. The van der Waals surface area contributed by atoms with E-state index in [4.69, 9.17) is 9.47 Å². The van der Waals surface area contributed by atoms with Crippen molar-refractivity contribution in [2.75, 3.05) is 93.0 Å². The third-order valence-corrected chi connectivity index (χ3v) is 6.50. The fourth-order valence-corrected chi connectivity index (χ4v) is 4.53. The summed E-state index contributed by atoms with van der Waals surface area (Å²) >= 11 is 0. The van der Waals surface area contributed by atoms with E-state index in [0.717, 1.165) is 22.4 Å². The first-order valence-corrected chi connectivity index (χ1v) is 8.89. The zero-order valence-corrected chi connectivity index (χ0v) is 14.2. The third-order valence-electron chi connectivity index (χ3n) is 6.50. The number of rotatable bonds is 1. The largest absolute Gasteiger partial charge is 0.320 e. The maximum absolute atomic E-state index is 6.23. The SMILES string of the molecule is CN1CC[N+]2(CC1)COC(C1C[N+]3(CCN(C)CC3)CO1)C2. The van der Waals surface area contributed by atoms with Crippen LogP contribution in [0.5, 0.6) is 0 Å². The summed E-state index contributed by atoms with van der Waals surface area (Å²) in [4.78, 5) is 4.88. The molecule has 22 heavy (non-hydrogen) atoms. The lowest BCUT2D eigenvalue weighted by Gasteiger charge is -2.40. The Hall–Kier alpha value is -0.240. The number of hydrogen-bond acceptors (Lipinski definition) is 4. The molecule has 0 N–H and O–H groups in total. The summed E-state index contributed by atoms with van der Waals surface area (Å²) in [6.45, 7) is 13.9. The second-order valence-corrected chi connectivity index (χ2v) is 8.22. The first-order valence-electron chi connectivity index (χ1n) is 8.89. The van der Waals surface area contributed by atoms with E-state index in [1.165, 1.54) is 65.4 Å². The summed E-state index contributed by atoms with van der Waals surface area (Å²) in [6.07, 6.45) is 0.640. The molecule has 0 radical (unpaired) electrons. The molecular weight excluding hydrogens is 280 g/mol. The van der Waals surface area contributed by atoms with Crippen LogP contribution in [-0.2, 0) is 9.47 Å². The molecule has 0 amide bonds. The summed E-state index contributed by atoms with van der Waals surface area (Å²) in [6, 6.07) is 0. The highest BCUT2D eigenvalue weighted by Gasteiger charge is 2.50.